The molecule has 9 nitrogen and oxygen atoms in total. The second-order valence-electron chi connectivity index (χ2n) is 10.8. The molecular formula is C29H35F3N3O6S-. The number of pyridine rings is 1. The lowest BCUT2D eigenvalue weighted by atomic mass is 9.89. The molecule has 0 saturated carbocycles. The fourth-order valence-corrected chi connectivity index (χ4v) is 4.31. The fraction of sp³-hybridized carbons (Fsp3) is 0.483. The monoisotopic (exact) mass is 610 g/mol. The number of carbonyl (C=O) groups excluding carboxylic acids is 1. The van der Waals surface area contributed by atoms with Crippen LogP contribution in [0, 0.1) is 5.92 Å². The number of nitrogens with zero attached hydrogens (tertiary/aromatic N) is 2. The van der Waals surface area contributed by atoms with Crippen molar-refractivity contribution in [3.05, 3.63) is 65.7 Å². The van der Waals surface area contributed by atoms with Crippen LogP contribution in [-0.4, -0.2) is 54.7 Å². The quantitative estimate of drug-likeness (QED) is 0.307. The van der Waals surface area contributed by atoms with Crippen LogP contribution in [0.1, 0.15) is 56.5 Å². The van der Waals surface area contributed by atoms with Gasteiger partial charge in [0.1, 0.15) is 5.41 Å². The molecule has 0 aliphatic carbocycles. The second-order valence-corrected chi connectivity index (χ2v) is 12.2. The lowest BCUT2D eigenvalue weighted by molar-refractivity contribution is -0.185. The number of aromatic nitrogens is 2. The molecule has 1 saturated heterocycles. The van der Waals surface area contributed by atoms with Crippen LogP contribution in [0.3, 0.4) is 0 Å². The summed E-state index contributed by atoms with van der Waals surface area (Å²) in [7, 11) is -3.92. The van der Waals surface area contributed by atoms with Crippen molar-refractivity contribution in [1.82, 2.24) is 10.1 Å². The Morgan fingerprint density at radius 1 is 1.07 bits per heavy atom. The predicted octanol–water partition coefficient (Wildman–Crippen LogP) is 5.67. The first-order valence-electron chi connectivity index (χ1n) is 13.5. The SMILES string of the molecule is CC(C)(c1cc(NC(=O)Cc2ccc(-c3ccc(CCCC4CCOCC4)nc3)cc2)no1)C(F)(F)F.CS(=O)(=O)[O-]. The van der Waals surface area contributed by atoms with Crippen molar-refractivity contribution < 1.29 is 40.2 Å². The van der Waals surface area contributed by atoms with Gasteiger partial charge in [-0.3, -0.25) is 9.78 Å². The maximum Gasteiger partial charge on any atom is 0.401 e. The van der Waals surface area contributed by atoms with E-state index in [9.17, 15) is 18.0 Å². The Labute approximate surface area is 243 Å². The number of hydrogen-bond donors (Lipinski definition) is 1. The first-order valence-corrected chi connectivity index (χ1v) is 15.3. The molecule has 0 spiro atoms. The molecule has 0 radical (unpaired) electrons. The summed E-state index contributed by atoms with van der Waals surface area (Å²) in [5.74, 6) is -0.0424. The van der Waals surface area contributed by atoms with E-state index in [1.807, 2.05) is 30.5 Å². The minimum Gasteiger partial charge on any atom is -0.748 e. The van der Waals surface area contributed by atoms with Gasteiger partial charge in [-0.2, -0.15) is 13.2 Å². The number of anilines is 1. The number of aryl methyl sites for hydroxylation is 1. The summed E-state index contributed by atoms with van der Waals surface area (Å²) in [5.41, 5.74) is 1.61. The topological polar surface area (TPSA) is 134 Å². The van der Waals surface area contributed by atoms with Crippen molar-refractivity contribution in [2.75, 3.05) is 24.8 Å². The summed E-state index contributed by atoms with van der Waals surface area (Å²) in [4.78, 5) is 17.0. The highest BCUT2D eigenvalue weighted by molar-refractivity contribution is 7.84. The van der Waals surface area contributed by atoms with Gasteiger partial charge in [0.2, 0.25) is 5.91 Å². The van der Waals surface area contributed by atoms with Crippen molar-refractivity contribution >= 4 is 21.8 Å². The van der Waals surface area contributed by atoms with Gasteiger partial charge in [0, 0.05) is 43.0 Å². The number of alkyl halides is 3. The normalized spacial score (nSPS) is 14.6. The number of benzene rings is 1. The summed E-state index contributed by atoms with van der Waals surface area (Å²) >= 11 is 0. The fourth-order valence-electron chi connectivity index (χ4n) is 4.31. The van der Waals surface area contributed by atoms with Gasteiger partial charge in [0.15, 0.2) is 11.6 Å². The molecule has 0 unspecified atom stereocenters. The first kappa shape index (κ1) is 33.2. The van der Waals surface area contributed by atoms with E-state index in [-0.39, 0.29) is 18.0 Å². The highest BCUT2D eigenvalue weighted by Crippen LogP contribution is 2.41. The van der Waals surface area contributed by atoms with Gasteiger partial charge < -0.3 is 19.1 Å². The third-order valence-electron chi connectivity index (χ3n) is 6.97. The van der Waals surface area contributed by atoms with Gasteiger partial charge in [0.05, 0.1) is 16.5 Å². The zero-order chi connectivity index (χ0) is 31.0. The van der Waals surface area contributed by atoms with Crippen LogP contribution < -0.4 is 5.32 Å². The first-order chi connectivity index (χ1) is 19.6. The van der Waals surface area contributed by atoms with Crippen LogP contribution in [0.5, 0.6) is 0 Å². The molecule has 1 fully saturated rings. The molecule has 13 heteroatoms. The molecule has 42 heavy (non-hydrogen) atoms. The van der Waals surface area contributed by atoms with Gasteiger partial charge in [-0.1, -0.05) is 35.5 Å². The number of carbonyl (C=O) groups is 1. The average molecular weight is 611 g/mol. The molecule has 230 valence electrons. The van der Waals surface area contributed by atoms with E-state index in [4.69, 9.17) is 22.2 Å². The standard InChI is InChI=1S/C28H32F3N3O3.CH4O3S/c1-27(2,28(29,30)31)24-17-25(34-37-24)33-26(35)16-20-6-8-21(9-7-20)22-10-11-23(32-18-22)5-3-4-19-12-14-36-15-13-19;1-5(2,3)4/h6-11,17-19H,3-5,12-16H2,1-2H3,(H,33,34,35);1H3,(H,2,3,4)/p-1. The molecule has 0 atom stereocenters. The molecule has 4 rings (SSSR count). The maximum atomic E-state index is 13.2. The third kappa shape index (κ3) is 10.5. The van der Waals surface area contributed by atoms with Gasteiger partial charge in [-0.25, -0.2) is 8.42 Å². The lowest BCUT2D eigenvalue weighted by Gasteiger charge is -2.24. The largest absolute Gasteiger partial charge is 0.748 e. The Morgan fingerprint density at radius 2 is 1.69 bits per heavy atom. The van der Waals surface area contributed by atoms with Crippen molar-refractivity contribution in [2.24, 2.45) is 5.92 Å². The molecule has 2 aromatic heterocycles. The van der Waals surface area contributed by atoms with E-state index in [0.717, 1.165) is 87.1 Å². The number of amides is 1. The van der Waals surface area contributed by atoms with Crippen molar-refractivity contribution in [1.29, 1.82) is 0 Å². The van der Waals surface area contributed by atoms with E-state index in [1.54, 1.807) is 0 Å². The average Bonchev–Trinajstić information content (AvgIpc) is 3.38. The number of nitrogens with one attached hydrogen (secondary N) is 1. The summed E-state index contributed by atoms with van der Waals surface area (Å²) < 4.78 is 77.0. The van der Waals surface area contributed by atoms with Crippen LogP contribution >= 0.6 is 0 Å². The molecule has 1 aromatic carbocycles. The van der Waals surface area contributed by atoms with Crippen LogP contribution in [-0.2, 0) is 37.9 Å². The van der Waals surface area contributed by atoms with Crippen LogP contribution in [0.25, 0.3) is 11.1 Å². The number of hydrogen-bond acceptors (Lipinski definition) is 8. The minimum absolute atomic E-state index is 0.0483. The molecular weight excluding hydrogens is 575 g/mol. The van der Waals surface area contributed by atoms with Crippen molar-refractivity contribution in [2.45, 2.75) is 64.0 Å². The van der Waals surface area contributed by atoms with E-state index in [1.165, 1.54) is 6.42 Å². The molecule has 0 bridgehead atoms. The summed E-state index contributed by atoms with van der Waals surface area (Å²) in [6.45, 7) is 3.76. The zero-order valence-corrected chi connectivity index (χ0v) is 24.6. The third-order valence-corrected chi connectivity index (χ3v) is 6.97. The summed E-state index contributed by atoms with van der Waals surface area (Å²) in [6, 6.07) is 12.8. The minimum atomic E-state index is -4.50. The van der Waals surface area contributed by atoms with Gasteiger partial charge in [-0.05, 0) is 69.1 Å². The van der Waals surface area contributed by atoms with E-state index < -0.39 is 27.6 Å². The smallest absolute Gasteiger partial charge is 0.401 e. The highest BCUT2D eigenvalue weighted by atomic mass is 32.2. The Bertz CT molecular complexity index is 1390. The van der Waals surface area contributed by atoms with E-state index in [0.29, 0.717) is 6.26 Å². The maximum absolute atomic E-state index is 13.2. The zero-order valence-electron chi connectivity index (χ0n) is 23.7. The van der Waals surface area contributed by atoms with Crippen molar-refractivity contribution in [3.8, 4) is 11.1 Å². The Hall–Kier alpha value is -3.29. The van der Waals surface area contributed by atoms with Gasteiger partial charge >= 0.3 is 6.18 Å². The summed E-state index contributed by atoms with van der Waals surface area (Å²) in [5, 5.41) is 6.06. The number of rotatable bonds is 9. The highest BCUT2D eigenvalue weighted by Gasteiger charge is 2.51. The number of ether oxygens (including phenoxy) is 1. The predicted molar refractivity (Wildman–Crippen MR) is 150 cm³/mol. The molecule has 3 heterocycles. The molecule has 3 aromatic rings. The second kappa shape index (κ2) is 14.3. The number of halogens is 3. The summed E-state index contributed by atoms with van der Waals surface area (Å²) in [6.07, 6.45) is 3.65. The Kier molecular flexibility index (Phi) is 11.3. The van der Waals surface area contributed by atoms with E-state index >= 15 is 0 Å². The Balaban J connectivity index is 0.000000892. The Morgan fingerprint density at radius 3 is 2.26 bits per heavy atom. The van der Waals surface area contributed by atoms with Crippen LogP contribution in [0.2, 0.25) is 0 Å². The molecule has 1 N–H and O–H groups in total. The molecule has 1 aliphatic heterocycles. The molecule has 1 aliphatic rings. The molecule has 1 amide bonds. The lowest BCUT2D eigenvalue weighted by Crippen LogP contribution is -2.35. The van der Waals surface area contributed by atoms with E-state index in [2.05, 4.69) is 27.6 Å². The van der Waals surface area contributed by atoms with Crippen LogP contribution in [0.15, 0.2) is 53.2 Å². The van der Waals surface area contributed by atoms with Crippen molar-refractivity contribution in [3.63, 3.8) is 0 Å². The van der Waals surface area contributed by atoms with Crippen LogP contribution in [0.4, 0.5) is 19.0 Å². The van der Waals surface area contributed by atoms with Gasteiger partial charge in [-0.15, -0.1) is 0 Å². The van der Waals surface area contributed by atoms with Gasteiger partial charge in [0.25, 0.3) is 0 Å².